The minimum absolute atomic E-state index is 0.0941. The van der Waals surface area contributed by atoms with Crippen molar-refractivity contribution in [3.8, 4) is 11.5 Å². The summed E-state index contributed by atoms with van der Waals surface area (Å²) in [5.74, 6) is -2.97. The number of allylic oxidation sites excluding steroid dienone is 1. The van der Waals surface area contributed by atoms with Crippen LogP contribution in [0.15, 0.2) is 79.4 Å². The molecule has 4 N–H and O–H groups in total. The van der Waals surface area contributed by atoms with Gasteiger partial charge in [-0.05, 0) is 80.8 Å². The van der Waals surface area contributed by atoms with Crippen LogP contribution in [0.2, 0.25) is 0 Å². The molecule has 0 fully saturated rings. The van der Waals surface area contributed by atoms with Crippen molar-refractivity contribution in [3.63, 3.8) is 0 Å². The fourth-order valence-electron chi connectivity index (χ4n) is 5.39. The zero-order valence-corrected chi connectivity index (χ0v) is 25.5. The van der Waals surface area contributed by atoms with Gasteiger partial charge in [0.15, 0.2) is 0 Å². The van der Waals surface area contributed by atoms with Crippen molar-refractivity contribution in [3.05, 3.63) is 128 Å². The second-order valence-corrected chi connectivity index (χ2v) is 11.6. The Morgan fingerprint density at radius 1 is 0.913 bits per heavy atom. The number of nitro benzene ring substituents is 1. The number of aromatic hydroxyl groups is 2. The normalized spacial score (nSPS) is 12.9. The number of hydrogen-bond donors (Lipinski definition) is 4. The average molecular weight is 622 g/mol. The van der Waals surface area contributed by atoms with E-state index in [-0.39, 0.29) is 16.8 Å². The number of hydrogen-bond acceptors (Lipinski definition) is 9. The van der Waals surface area contributed by atoms with Crippen LogP contribution in [-0.2, 0) is 10.3 Å². The number of phenols is 2. The maximum Gasteiger partial charge on any atom is 0.408 e. The maximum absolute atomic E-state index is 13.7. The first-order valence-electron chi connectivity index (χ1n) is 14.3. The van der Waals surface area contributed by atoms with E-state index in [1.807, 2.05) is 45.0 Å². The van der Waals surface area contributed by atoms with Gasteiger partial charge in [-0.3, -0.25) is 19.7 Å². The highest BCUT2D eigenvalue weighted by atomic mass is 16.6. The summed E-state index contributed by atoms with van der Waals surface area (Å²) in [5.41, 5.74) is 0.687. The van der Waals surface area contributed by atoms with Gasteiger partial charge in [-0.1, -0.05) is 42.5 Å². The standard InChI is InChI=1S/C35H31N3O8/c1-18(2)20-8-6-10-22(16-20)35(4,5)37-34(43)46-19(3)21-9-7-11-23(17-21)36-24-12-14-26(39)30-28(24)32(41)29-25(38(44)45)13-15-27(40)31(29)33(30)42/h6-17,19,36,39-40H,1H2,2-5H3,(H,37,43). The molecule has 4 aromatic carbocycles. The molecule has 1 atom stereocenters. The van der Waals surface area contributed by atoms with Crippen LogP contribution in [-0.4, -0.2) is 32.8 Å². The number of benzene rings is 4. The molecule has 1 aliphatic carbocycles. The molecule has 5 rings (SSSR count). The number of carbonyl (C=O) groups excluding carboxylic acids is 3. The monoisotopic (exact) mass is 621 g/mol. The molecule has 4 aromatic rings. The summed E-state index contributed by atoms with van der Waals surface area (Å²) < 4.78 is 5.69. The fraction of sp³-hybridized carbons (Fsp3) is 0.171. The van der Waals surface area contributed by atoms with Crippen LogP contribution in [0.25, 0.3) is 5.57 Å². The lowest BCUT2D eigenvalue weighted by molar-refractivity contribution is -0.385. The van der Waals surface area contributed by atoms with E-state index in [4.69, 9.17) is 4.74 Å². The molecular weight excluding hydrogens is 590 g/mol. The Morgan fingerprint density at radius 2 is 1.54 bits per heavy atom. The quantitative estimate of drug-likeness (QED) is 0.0790. The largest absolute Gasteiger partial charge is 0.507 e. The van der Waals surface area contributed by atoms with E-state index < -0.39 is 62.5 Å². The molecule has 0 spiro atoms. The lowest BCUT2D eigenvalue weighted by Crippen LogP contribution is -2.41. The number of amides is 1. The molecular formula is C35H31N3O8. The number of anilines is 2. The molecule has 11 heteroatoms. The van der Waals surface area contributed by atoms with Crippen LogP contribution in [0.1, 0.15) is 82.3 Å². The maximum atomic E-state index is 13.7. The number of fused-ring (bicyclic) bond motifs is 2. The van der Waals surface area contributed by atoms with Crippen molar-refractivity contribution in [2.75, 3.05) is 5.32 Å². The number of rotatable bonds is 8. The third kappa shape index (κ3) is 5.77. The zero-order valence-electron chi connectivity index (χ0n) is 25.5. The molecule has 1 unspecified atom stereocenters. The molecule has 0 radical (unpaired) electrons. The molecule has 1 aliphatic rings. The highest BCUT2D eigenvalue weighted by Gasteiger charge is 2.41. The Kier molecular flexibility index (Phi) is 8.10. The van der Waals surface area contributed by atoms with E-state index in [1.54, 1.807) is 31.2 Å². The first-order valence-corrected chi connectivity index (χ1v) is 14.3. The fourth-order valence-corrected chi connectivity index (χ4v) is 5.39. The first kappa shape index (κ1) is 31.5. The number of alkyl carbamates (subject to hydrolysis) is 1. The van der Waals surface area contributed by atoms with Crippen molar-refractivity contribution in [2.24, 2.45) is 0 Å². The number of nitrogens with one attached hydrogen (secondary N) is 2. The van der Waals surface area contributed by atoms with E-state index in [1.165, 1.54) is 12.1 Å². The van der Waals surface area contributed by atoms with Crippen molar-refractivity contribution < 1.29 is 34.3 Å². The van der Waals surface area contributed by atoms with E-state index in [0.29, 0.717) is 11.3 Å². The predicted molar refractivity (Wildman–Crippen MR) is 172 cm³/mol. The van der Waals surface area contributed by atoms with Gasteiger partial charge in [-0.2, -0.15) is 0 Å². The SMILES string of the molecule is C=C(C)c1cccc(C(C)(C)NC(=O)OC(C)c2cccc(Nc3ccc(O)c4c3C(=O)c3c([N+](=O)[O-])ccc(O)c3C4=O)c2)c1. The van der Waals surface area contributed by atoms with Crippen LogP contribution >= 0.6 is 0 Å². The highest BCUT2D eigenvalue weighted by molar-refractivity contribution is 6.33. The van der Waals surface area contributed by atoms with Crippen LogP contribution in [0.4, 0.5) is 21.9 Å². The number of nitro groups is 1. The molecule has 0 saturated heterocycles. The van der Waals surface area contributed by atoms with Gasteiger partial charge in [0.2, 0.25) is 11.6 Å². The summed E-state index contributed by atoms with van der Waals surface area (Å²) in [5, 5.41) is 38.5. The number of carbonyl (C=O) groups is 3. The van der Waals surface area contributed by atoms with Crippen LogP contribution in [0.5, 0.6) is 11.5 Å². The van der Waals surface area contributed by atoms with E-state index in [9.17, 15) is 34.7 Å². The van der Waals surface area contributed by atoms with E-state index in [0.717, 1.165) is 28.8 Å². The number of nitrogens with zero attached hydrogens (tertiary/aromatic N) is 1. The summed E-state index contributed by atoms with van der Waals surface area (Å²) >= 11 is 0. The molecule has 0 aromatic heterocycles. The van der Waals surface area contributed by atoms with Crippen LogP contribution in [0, 0.1) is 10.1 Å². The smallest absolute Gasteiger partial charge is 0.408 e. The van der Waals surface area contributed by atoms with Gasteiger partial charge >= 0.3 is 6.09 Å². The van der Waals surface area contributed by atoms with Gasteiger partial charge in [-0.25, -0.2) is 4.79 Å². The van der Waals surface area contributed by atoms with Crippen molar-refractivity contribution in [1.82, 2.24) is 5.32 Å². The Morgan fingerprint density at radius 3 is 2.22 bits per heavy atom. The molecule has 0 saturated carbocycles. The summed E-state index contributed by atoms with van der Waals surface area (Å²) in [4.78, 5) is 50.9. The number of phenolic OH excluding ortho intramolecular Hbond substituents is 2. The predicted octanol–water partition coefficient (Wildman–Crippen LogP) is 7.28. The average Bonchev–Trinajstić information content (AvgIpc) is 3.00. The highest BCUT2D eigenvalue weighted by Crippen LogP contribution is 2.43. The third-order valence-electron chi connectivity index (χ3n) is 7.86. The zero-order chi connectivity index (χ0) is 33.5. The lowest BCUT2D eigenvalue weighted by Gasteiger charge is -2.28. The Labute approximate surface area is 264 Å². The second-order valence-electron chi connectivity index (χ2n) is 11.6. The lowest BCUT2D eigenvalue weighted by atomic mass is 9.81. The second kappa shape index (κ2) is 11.8. The van der Waals surface area contributed by atoms with E-state index >= 15 is 0 Å². The third-order valence-corrected chi connectivity index (χ3v) is 7.86. The van der Waals surface area contributed by atoms with Crippen molar-refractivity contribution in [1.29, 1.82) is 0 Å². The molecule has 1 amide bonds. The summed E-state index contributed by atoms with van der Waals surface area (Å²) in [6.45, 7) is 11.3. The molecule has 46 heavy (non-hydrogen) atoms. The summed E-state index contributed by atoms with van der Waals surface area (Å²) in [6.07, 6.45) is -1.34. The first-order chi connectivity index (χ1) is 21.7. The summed E-state index contributed by atoms with van der Waals surface area (Å²) in [7, 11) is 0. The number of ether oxygens (including phenoxy) is 1. The Bertz CT molecular complexity index is 1960. The van der Waals surface area contributed by atoms with Crippen LogP contribution < -0.4 is 10.6 Å². The van der Waals surface area contributed by atoms with Gasteiger partial charge in [0.1, 0.15) is 23.2 Å². The Hall–Kier alpha value is -5.97. The van der Waals surface area contributed by atoms with Gasteiger partial charge in [0, 0.05) is 11.8 Å². The molecule has 234 valence electrons. The molecule has 0 heterocycles. The Balaban J connectivity index is 1.39. The molecule has 0 bridgehead atoms. The topological polar surface area (TPSA) is 168 Å². The van der Waals surface area contributed by atoms with Gasteiger partial charge in [0.05, 0.1) is 32.8 Å². The van der Waals surface area contributed by atoms with E-state index in [2.05, 4.69) is 17.2 Å². The molecule has 11 nitrogen and oxygen atoms in total. The van der Waals surface area contributed by atoms with Crippen molar-refractivity contribution in [2.45, 2.75) is 39.3 Å². The van der Waals surface area contributed by atoms with Gasteiger partial charge in [0.25, 0.3) is 5.69 Å². The van der Waals surface area contributed by atoms with Gasteiger partial charge in [-0.15, -0.1) is 0 Å². The van der Waals surface area contributed by atoms with Crippen LogP contribution in [0.3, 0.4) is 0 Å². The minimum Gasteiger partial charge on any atom is -0.507 e. The van der Waals surface area contributed by atoms with Crippen molar-refractivity contribution >= 4 is 40.3 Å². The summed E-state index contributed by atoms with van der Waals surface area (Å²) in [6, 6.07) is 19.0. The van der Waals surface area contributed by atoms with Gasteiger partial charge < -0.3 is 25.6 Å². The molecule has 0 aliphatic heterocycles. The minimum atomic E-state index is -0.928. The number of ketones is 2.